The first-order chi connectivity index (χ1) is 7.36. The van der Waals surface area contributed by atoms with E-state index in [2.05, 4.69) is 15.2 Å². The molecule has 0 fully saturated rings. The van der Waals surface area contributed by atoms with Gasteiger partial charge < -0.3 is 0 Å². The number of carbonyl (C=O) groups excluding carboxylic acids is 1. The van der Waals surface area contributed by atoms with Crippen molar-refractivity contribution in [3.63, 3.8) is 0 Å². The Hall–Kier alpha value is -1.97. The third-order valence-electron chi connectivity index (χ3n) is 2.29. The lowest BCUT2D eigenvalue weighted by molar-refractivity contribution is 0.112. The van der Waals surface area contributed by atoms with Crippen LogP contribution in [0.2, 0.25) is 0 Å². The Bertz CT molecular complexity index is 462. The average molecular weight is 201 g/mol. The Morgan fingerprint density at radius 2 is 2.40 bits per heavy atom. The van der Waals surface area contributed by atoms with Crippen molar-refractivity contribution in [2.75, 3.05) is 0 Å². The molecule has 0 radical (unpaired) electrons. The molecule has 2 aromatic rings. The number of aryl methyl sites for hydroxylation is 1. The standard InChI is InChI=1S/C11H11N3O/c1-2-10-9(7-15)11(14-13-10)8-4-3-5-12-6-8/h3-7H,2H2,1H3,(H,13,14). The number of aldehydes is 1. The van der Waals surface area contributed by atoms with E-state index >= 15 is 0 Å². The van der Waals surface area contributed by atoms with E-state index in [1.54, 1.807) is 12.4 Å². The summed E-state index contributed by atoms with van der Waals surface area (Å²) in [6, 6.07) is 3.71. The van der Waals surface area contributed by atoms with Crippen LogP contribution >= 0.6 is 0 Å². The second-order valence-corrected chi connectivity index (χ2v) is 3.18. The van der Waals surface area contributed by atoms with Gasteiger partial charge in [0.25, 0.3) is 0 Å². The molecule has 1 N–H and O–H groups in total. The average Bonchev–Trinajstić information content (AvgIpc) is 2.72. The number of H-pyrrole nitrogens is 1. The molecular formula is C11H11N3O. The van der Waals surface area contributed by atoms with E-state index in [0.29, 0.717) is 11.3 Å². The molecular weight excluding hydrogens is 190 g/mol. The lowest BCUT2D eigenvalue weighted by atomic mass is 10.1. The van der Waals surface area contributed by atoms with Gasteiger partial charge in [-0.05, 0) is 18.6 Å². The smallest absolute Gasteiger partial charge is 0.154 e. The third-order valence-corrected chi connectivity index (χ3v) is 2.29. The molecule has 76 valence electrons. The van der Waals surface area contributed by atoms with E-state index in [4.69, 9.17) is 0 Å². The molecule has 0 aliphatic heterocycles. The fraction of sp³-hybridized carbons (Fsp3) is 0.182. The number of carbonyl (C=O) groups is 1. The zero-order valence-corrected chi connectivity index (χ0v) is 8.40. The summed E-state index contributed by atoms with van der Waals surface area (Å²) in [7, 11) is 0. The summed E-state index contributed by atoms with van der Waals surface area (Å²) in [5.41, 5.74) is 3.03. The van der Waals surface area contributed by atoms with Gasteiger partial charge in [0, 0.05) is 23.7 Å². The van der Waals surface area contributed by atoms with Crippen molar-refractivity contribution < 1.29 is 4.79 Å². The van der Waals surface area contributed by atoms with Crippen LogP contribution in [0.5, 0.6) is 0 Å². The van der Waals surface area contributed by atoms with Crippen molar-refractivity contribution in [1.29, 1.82) is 0 Å². The van der Waals surface area contributed by atoms with Gasteiger partial charge in [0.1, 0.15) is 5.69 Å². The summed E-state index contributed by atoms with van der Waals surface area (Å²) in [6.45, 7) is 1.98. The van der Waals surface area contributed by atoms with Crippen molar-refractivity contribution in [3.8, 4) is 11.3 Å². The first-order valence-electron chi connectivity index (χ1n) is 4.79. The normalized spacial score (nSPS) is 10.2. The van der Waals surface area contributed by atoms with E-state index in [1.807, 2.05) is 19.1 Å². The van der Waals surface area contributed by atoms with E-state index in [0.717, 1.165) is 24.0 Å². The van der Waals surface area contributed by atoms with Gasteiger partial charge in [-0.25, -0.2) is 0 Å². The molecule has 0 amide bonds. The van der Waals surface area contributed by atoms with Crippen LogP contribution in [0.3, 0.4) is 0 Å². The second kappa shape index (κ2) is 4.04. The SMILES string of the molecule is CCc1[nH]nc(-c2cccnc2)c1C=O. The van der Waals surface area contributed by atoms with Crippen LogP contribution in [-0.4, -0.2) is 21.5 Å². The van der Waals surface area contributed by atoms with Crippen LogP contribution in [0, 0.1) is 0 Å². The molecule has 4 heteroatoms. The van der Waals surface area contributed by atoms with E-state index in [1.165, 1.54) is 0 Å². The molecule has 0 unspecified atom stereocenters. The number of pyridine rings is 1. The molecule has 0 spiro atoms. The maximum absolute atomic E-state index is 11.0. The Balaban J connectivity index is 2.54. The van der Waals surface area contributed by atoms with Gasteiger partial charge in [0.05, 0.1) is 5.56 Å². The Labute approximate surface area is 87.4 Å². The highest BCUT2D eigenvalue weighted by Gasteiger charge is 2.12. The van der Waals surface area contributed by atoms with E-state index < -0.39 is 0 Å². The number of nitrogens with one attached hydrogen (secondary N) is 1. The van der Waals surface area contributed by atoms with Gasteiger partial charge in [0.2, 0.25) is 0 Å². The molecule has 2 aromatic heterocycles. The number of rotatable bonds is 3. The van der Waals surface area contributed by atoms with Crippen molar-refractivity contribution in [2.45, 2.75) is 13.3 Å². The van der Waals surface area contributed by atoms with Crippen molar-refractivity contribution in [1.82, 2.24) is 15.2 Å². The molecule has 0 aliphatic carbocycles. The molecule has 0 aromatic carbocycles. The number of aromatic nitrogens is 3. The molecule has 2 heterocycles. The maximum Gasteiger partial charge on any atom is 0.154 e. The predicted octanol–water partition coefficient (Wildman–Crippen LogP) is 1.85. The third kappa shape index (κ3) is 1.66. The summed E-state index contributed by atoms with van der Waals surface area (Å²) in [4.78, 5) is 15.0. The van der Waals surface area contributed by atoms with Crippen LogP contribution in [0.25, 0.3) is 11.3 Å². The zero-order chi connectivity index (χ0) is 10.7. The van der Waals surface area contributed by atoms with Crippen LogP contribution < -0.4 is 0 Å². The van der Waals surface area contributed by atoms with Crippen LogP contribution in [-0.2, 0) is 6.42 Å². The first-order valence-corrected chi connectivity index (χ1v) is 4.79. The summed E-state index contributed by atoms with van der Waals surface area (Å²) < 4.78 is 0. The summed E-state index contributed by atoms with van der Waals surface area (Å²) >= 11 is 0. The quantitative estimate of drug-likeness (QED) is 0.771. The van der Waals surface area contributed by atoms with Gasteiger partial charge in [-0.15, -0.1) is 0 Å². The highest BCUT2D eigenvalue weighted by molar-refractivity contribution is 5.86. The highest BCUT2D eigenvalue weighted by Crippen LogP contribution is 2.21. The molecule has 0 aliphatic rings. The highest BCUT2D eigenvalue weighted by atomic mass is 16.1. The summed E-state index contributed by atoms with van der Waals surface area (Å²) in [6.07, 6.45) is 4.99. The topological polar surface area (TPSA) is 58.6 Å². The van der Waals surface area contributed by atoms with Crippen molar-refractivity contribution in [2.24, 2.45) is 0 Å². The largest absolute Gasteiger partial charge is 0.298 e. The van der Waals surface area contributed by atoms with Gasteiger partial charge >= 0.3 is 0 Å². The molecule has 0 bridgehead atoms. The maximum atomic E-state index is 11.0. The number of hydrogen-bond acceptors (Lipinski definition) is 3. The molecule has 4 nitrogen and oxygen atoms in total. The molecule has 0 saturated carbocycles. The van der Waals surface area contributed by atoms with Crippen LogP contribution in [0.4, 0.5) is 0 Å². The van der Waals surface area contributed by atoms with Crippen LogP contribution in [0.15, 0.2) is 24.5 Å². The minimum Gasteiger partial charge on any atom is -0.298 e. The van der Waals surface area contributed by atoms with Gasteiger partial charge in [-0.1, -0.05) is 6.92 Å². The molecule has 2 rings (SSSR count). The fourth-order valence-electron chi connectivity index (χ4n) is 1.51. The zero-order valence-electron chi connectivity index (χ0n) is 8.40. The molecule has 0 saturated heterocycles. The summed E-state index contributed by atoms with van der Waals surface area (Å²) in [5, 5.41) is 7.00. The molecule has 15 heavy (non-hydrogen) atoms. The Morgan fingerprint density at radius 1 is 1.53 bits per heavy atom. The molecule has 0 atom stereocenters. The van der Waals surface area contributed by atoms with Gasteiger partial charge in [-0.2, -0.15) is 5.10 Å². The number of nitrogens with zero attached hydrogens (tertiary/aromatic N) is 2. The van der Waals surface area contributed by atoms with Crippen molar-refractivity contribution in [3.05, 3.63) is 35.8 Å². The minimum absolute atomic E-state index is 0.630. The number of aromatic amines is 1. The Kier molecular flexibility index (Phi) is 2.58. The summed E-state index contributed by atoms with van der Waals surface area (Å²) in [5.74, 6) is 0. The monoisotopic (exact) mass is 201 g/mol. The predicted molar refractivity (Wildman–Crippen MR) is 56.6 cm³/mol. The number of hydrogen-bond donors (Lipinski definition) is 1. The lowest BCUT2D eigenvalue weighted by Gasteiger charge is -1.96. The first kappa shape index (κ1) is 9.58. The van der Waals surface area contributed by atoms with Crippen molar-refractivity contribution >= 4 is 6.29 Å². The fourth-order valence-corrected chi connectivity index (χ4v) is 1.51. The minimum atomic E-state index is 0.630. The van der Waals surface area contributed by atoms with Gasteiger partial charge in [0.15, 0.2) is 6.29 Å². The van der Waals surface area contributed by atoms with E-state index in [9.17, 15) is 4.79 Å². The Morgan fingerprint density at radius 3 is 3.00 bits per heavy atom. The van der Waals surface area contributed by atoms with Gasteiger partial charge in [-0.3, -0.25) is 14.9 Å². The van der Waals surface area contributed by atoms with Crippen LogP contribution in [0.1, 0.15) is 23.0 Å². The lowest BCUT2D eigenvalue weighted by Crippen LogP contribution is -1.89. The second-order valence-electron chi connectivity index (χ2n) is 3.18. The van der Waals surface area contributed by atoms with E-state index in [-0.39, 0.29) is 0 Å².